The topological polar surface area (TPSA) is 104 Å². The summed E-state index contributed by atoms with van der Waals surface area (Å²) < 4.78 is 32.5. The molecule has 0 aliphatic carbocycles. The normalized spacial score (nSPS) is 13.6. The Kier molecular flexibility index (Phi) is 36.2. The van der Waals surface area contributed by atoms with Crippen molar-refractivity contribution < 1.29 is 22.9 Å². The van der Waals surface area contributed by atoms with Crippen LogP contribution in [0.4, 0.5) is 0 Å². The molecule has 7 heteroatoms. The molecule has 0 aliphatic heterocycles. The molecule has 0 radical (unpaired) electrons. The molecule has 2 unspecified atom stereocenters. The molecule has 6 nitrogen and oxygen atoms in total. The summed E-state index contributed by atoms with van der Waals surface area (Å²) in [7, 11) is -4.35. The van der Waals surface area contributed by atoms with Crippen molar-refractivity contribution >= 4 is 16.0 Å². The van der Waals surface area contributed by atoms with E-state index in [0.717, 1.165) is 57.8 Å². The Morgan fingerprint density at radius 3 is 1.34 bits per heavy atom. The lowest BCUT2D eigenvalue weighted by molar-refractivity contribution is -0.122. The average molecular weight is 724 g/mol. The van der Waals surface area contributed by atoms with E-state index in [-0.39, 0.29) is 12.3 Å². The van der Waals surface area contributed by atoms with E-state index < -0.39 is 28.0 Å². The summed E-state index contributed by atoms with van der Waals surface area (Å²) in [6.45, 7) is 4.50. The van der Waals surface area contributed by atoms with Gasteiger partial charge in [0.25, 0.3) is 10.1 Å². The second-order valence-electron chi connectivity index (χ2n) is 14.6. The molecular formula is C43H81NO5S. The third kappa shape index (κ3) is 37.8. The van der Waals surface area contributed by atoms with Gasteiger partial charge in [0.05, 0.1) is 17.9 Å². The van der Waals surface area contributed by atoms with Crippen LogP contribution in [-0.2, 0) is 14.9 Å². The number of unbranched alkanes of at least 4 members (excludes halogenated alkanes) is 26. The summed E-state index contributed by atoms with van der Waals surface area (Å²) in [5.41, 5.74) is 0. The first-order chi connectivity index (χ1) is 24.3. The Balaban J connectivity index is 3.91. The van der Waals surface area contributed by atoms with E-state index in [2.05, 4.69) is 43.5 Å². The van der Waals surface area contributed by atoms with Gasteiger partial charge in [-0.05, 0) is 51.4 Å². The number of aliphatic hydroxyl groups is 1. The van der Waals surface area contributed by atoms with Gasteiger partial charge in [-0.25, -0.2) is 0 Å². The zero-order valence-corrected chi connectivity index (χ0v) is 33.6. The minimum absolute atomic E-state index is 0.280. The lowest BCUT2D eigenvalue weighted by atomic mass is 10.0. The van der Waals surface area contributed by atoms with Gasteiger partial charge in [0.15, 0.2) is 0 Å². The molecule has 3 N–H and O–H groups in total. The van der Waals surface area contributed by atoms with Crippen molar-refractivity contribution in [3.05, 3.63) is 36.5 Å². The minimum Gasteiger partial charge on any atom is -0.387 e. The first-order valence-electron chi connectivity index (χ1n) is 21.2. The van der Waals surface area contributed by atoms with Crippen LogP contribution in [0.15, 0.2) is 36.5 Å². The van der Waals surface area contributed by atoms with Gasteiger partial charge in [-0.1, -0.05) is 192 Å². The molecule has 0 spiro atoms. The lowest BCUT2D eigenvalue weighted by Crippen LogP contribution is -2.46. The van der Waals surface area contributed by atoms with E-state index >= 15 is 0 Å². The van der Waals surface area contributed by atoms with E-state index in [1.807, 2.05) is 6.08 Å². The van der Waals surface area contributed by atoms with Crippen LogP contribution in [0.3, 0.4) is 0 Å². The van der Waals surface area contributed by atoms with Crippen LogP contribution in [-0.4, -0.2) is 41.9 Å². The molecule has 0 bridgehead atoms. The smallest absolute Gasteiger partial charge is 0.267 e. The SMILES string of the molecule is CCCCC/C=C\C/C=C\CCCCCCCC(=O)NC(CS(=O)(=O)O)C(O)/C=C/CCCCCCCCCCCCCCCCCCCC. The highest BCUT2D eigenvalue weighted by atomic mass is 32.2. The number of carbonyl (C=O) groups is 1. The summed E-state index contributed by atoms with van der Waals surface area (Å²) in [6, 6.07) is -1.06. The molecule has 2 atom stereocenters. The molecular weight excluding hydrogens is 643 g/mol. The number of aliphatic hydroxyl groups excluding tert-OH is 1. The highest BCUT2D eigenvalue weighted by Gasteiger charge is 2.24. The molecule has 294 valence electrons. The standard InChI is InChI=1S/C43H81NO5S/c1-3-5-7-9-11-13-15-17-19-20-21-22-23-25-26-28-30-32-34-36-38-42(45)41(40-50(47,48)49)44-43(46)39-37-35-33-31-29-27-24-18-16-14-12-10-8-6-4-2/h12,14,18,24,36,38,41-42,45H,3-11,13,15-17,19-23,25-35,37,39-40H2,1-2H3,(H,44,46)(H,47,48,49)/b14-12-,24-18-,38-36+. The Morgan fingerprint density at radius 1 is 0.540 bits per heavy atom. The van der Waals surface area contributed by atoms with Gasteiger partial charge in [-0.2, -0.15) is 8.42 Å². The highest BCUT2D eigenvalue weighted by molar-refractivity contribution is 7.85. The van der Waals surface area contributed by atoms with Gasteiger partial charge in [0, 0.05) is 6.42 Å². The number of amides is 1. The number of hydrogen-bond donors (Lipinski definition) is 3. The molecule has 0 aromatic carbocycles. The molecule has 1 amide bonds. The number of carbonyl (C=O) groups excluding carboxylic acids is 1. The summed E-state index contributed by atoms with van der Waals surface area (Å²) >= 11 is 0. The highest BCUT2D eigenvalue weighted by Crippen LogP contribution is 2.15. The van der Waals surface area contributed by atoms with Crippen molar-refractivity contribution in [2.75, 3.05) is 5.75 Å². The quantitative estimate of drug-likeness (QED) is 0.0334. The summed E-state index contributed by atoms with van der Waals surface area (Å²) in [6.07, 6.45) is 48.4. The maximum absolute atomic E-state index is 12.5. The fourth-order valence-electron chi connectivity index (χ4n) is 6.36. The number of rotatable bonds is 38. The summed E-state index contributed by atoms with van der Waals surface area (Å²) in [4.78, 5) is 12.5. The van der Waals surface area contributed by atoms with E-state index in [0.29, 0.717) is 6.42 Å². The van der Waals surface area contributed by atoms with E-state index in [4.69, 9.17) is 0 Å². The summed E-state index contributed by atoms with van der Waals surface area (Å²) in [5.74, 6) is -0.994. The predicted molar refractivity (Wildman–Crippen MR) is 216 cm³/mol. The van der Waals surface area contributed by atoms with Gasteiger partial charge in [0.1, 0.15) is 0 Å². The van der Waals surface area contributed by atoms with E-state index in [1.165, 1.54) is 128 Å². The third-order valence-corrected chi connectivity index (χ3v) is 10.3. The fourth-order valence-corrected chi connectivity index (χ4v) is 7.10. The minimum atomic E-state index is -4.35. The molecule has 0 aromatic heterocycles. The van der Waals surface area contributed by atoms with Crippen LogP contribution >= 0.6 is 0 Å². The van der Waals surface area contributed by atoms with E-state index in [1.54, 1.807) is 6.08 Å². The van der Waals surface area contributed by atoms with Gasteiger partial charge < -0.3 is 10.4 Å². The number of nitrogens with one attached hydrogen (secondary N) is 1. The Labute approximate surface area is 310 Å². The van der Waals surface area contributed by atoms with Gasteiger partial charge in [-0.15, -0.1) is 0 Å². The fraction of sp³-hybridized carbons (Fsp3) is 0.837. The second kappa shape index (κ2) is 37.3. The zero-order valence-electron chi connectivity index (χ0n) is 32.8. The zero-order chi connectivity index (χ0) is 36.8. The summed E-state index contributed by atoms with van der Waals surface area (Å²) in [5, 5.41) is 13.2. The van der Waals surface area contributed by atoms with Crippen LogP contribution in [0.5, 0.6) is 0 Å². The van der Waals surface area contributed by atoms with Crippen LogP contribution in [0, 0.1) is 0 Å². The molecule has 0 fully saturated rings. The van der Waals surface area contributed by atoms with Crippen LogP contribution in [0.1, 0.15) is 213 Å². The number of allylic oxidation sites excluding steroid dienone is 5. The van der Waals surface area contributed by atoms with Crippen molar-refractivity contribution in [3.8, 4) is 0 Å². The second-order valence-corrected chi connectivity index (χ2v) is 16.1. The Morgan fingerprint density at radius 2 is 0.900 bits per heavy atom. The van der Waals surface area contributed by atoms with Gasteiger partial charge in [-0.3, -0.25) is 9.35 Å². The average Bonchev–Trinajstić information content (AvgIpc) is 3.08. The van der Waals surface area contributed by atoms with E-state index in [9.17, 15) is 22.9 Å². The molecule has 0 saturated carbocycles. The lowest BCUT2D eigenvalue weighted by Gasteiger charge is -2.21. The maximum Gasteiger partial charge on any atom is 0.267 e. The van der Waals surface area contributed by atoms with Crippen molar-refractivity contribution in [2.45, 2.75) is 225 Å². The molecule has 0 heterocycles. The van der Waals surface area contributed by atoms with Gasteiger partial charge >= 0.3 is 0 Å². The first-order valence-corrected chi connectivity index (χ1v) is 22.8. The first kappa shape index (κ1) is 48.6. The molecule has 0 aromatic rings. The number of hydrogen-bond acceptors (Lipinski definition) is 4. The molecule has 50 heavy (non-hydrogen) atoms. The molecule has 0 saturated heterocycles. The van der Waals surface area contributed by atoms with Crippen LogP contribution in [0.25, 0.3) is 0 Å². The van der Waals surface area contributed by atoms with Crippen molar-refractivity contribution in [1.29, 1.82) is 0 Å². The molecule has 0 rings (SSSR count). The monoisotopic (exact) mass is 724 g/mol. The maximum atomic E-state index is 12.5. The van der Waals surface area contributed by atoms with Crippen LogP contribution in [0.2, 0.25) is 0 Å². The third-order valence-electron chi connectivity index (χ3n) is 9.56. The molecule has 0 aliphatic rings. The van der Waals surface area contributed by atoms with Crippen molar-refractivity contribution in [3.63, 3.8) is 0 Å². The van der Waals surface area contributed by atoms with Crippen LogP contribution < -0.4 is 5.32 Å². The predicted octanol–water partition coefficient (Wildman–Crippen LogP) is 12.5. The van der Waals surface area contributed by atoms with Gasteiger partial charge in [0.2, 0.25) is 5.91 Å². The van der Waals surface area contributed by atoms with Crippen molar-refractivity contribution in [1.82, 2.24) is 5.32 Å². The Hall–Kier alpha value is -1.44. The largest absolute Gasteiger partial charge is 0.387 e. The van der Waals surface area contributed by atoms with Crippen molar-refractivity contribution in [2.24, 2.45) is 0 Å². The Bertz CT molecular complexity index is 930.